The average molecular weight is 673 g/mol. The molecule has 0 spiro atoms. The van der Waals surface area contributed by atoms with Crippen LogP contribution in [-0.4, -0.2) is 22.5 Å². The van der Waals surface area contributed by atoms with Crippen LogP contribution in [0.3, 0.4) is 0 Å². The third kappa shape index (κ3) is 4.80. The number of thiophene rings is 1. The standard InChI is InChI=1S/C45H28N4OS/c46-44(28-13-3-1-4-14-28)48-45(29-15-5-2-6-16-29)47-27-30-25-31(26-35-32-17-9-12-22-40(32)51-43(30)35)49-36-20-10-7-18-33(36)41-37(49)23-24-39-42(41)34-19-8-11-21-38(34)50-39/h1-27,46H/b46-44?,47-27+,48-45-. The zero-order valence-corrected chi connectivity index (χ0v) is 28.1. The predicted octanol–water partition coefficient (Wildman–Crippen LogP) is 11.9. The van der Waals surface area contributed by atoms with E-state index in [1.165, 1.54) is 26.2 Å². The van der Waals surface area contributed by atoms with Gasteiger partial charge >= 0.3 is 0 Å². The van der Waals surface area contributed by atoms with Gasteiger partial charge in [-0.2, -0.15) is 0 Å². The minimum Gasteiger partial charge on any atom is -0.456 e. The number of rotatable bonds is 4. The predicted molar refractivity (Wildman–Crippen MR) is 215 cm³/mol. The number of aliphatic imine (C=N–C) groups is 2. The second-order valence-electron chi connectivity index (χ2n) is 12.6. The van der Waals surface area contributed by atoms with Crippen molar-refractivity contribution in [3.63, 3.8) is 0 Å². The van der Waals surface area contributed by atoms with Crippen molar-refractivity contribution < 1.29 is 4.42 Å². The van der Waals surface area contributed by atoms with Crippen LogP contribution in [0, 0.1) is 5.41 Å². The summed E-state index contributed by atoms with van der Waals surface area (Å²) >= 11 is 1.77. The Morgan fingerprint density at radius 2 is 1.27 bits per heavy atom. The van der Waals surface area contributed by atoms with Crippen LogP contribution in [0.25, 0.3) is 69.6 Å². The van der Waals surface area contributed by atoms with Crippen molar-refractivity contribution in [3.05, 3.63) is 174 Å². The Bertz CT molecular complexity index is 3040. The fourth-order valence-corrected chi connectivity index (χ4v) is 8.43. The molecule has 10 aromatic rings. The van der Waals surface area contributed by atoms with Gasteiger partial charge in [-0.15, -0.1) is 11.3 Å². The van der Waals surface area contributed by atoms with Crippen LogP contribution in [-0.2, 0) is 0 Å². The Hall–Kier alpha value is -6.63. The molecule has 0 radical (unpaired) electrons. The minimum absolute atomic E-state index is 0.163. The molecule has 0 bridgehead atoms. The highest BCUT2D eigenvalue weighted by atomic mass is 32.1. The molecular weight excluding hydrogens is 645 g/mol. The van der Waals surface area contributed by atoms with Crippen molar-refractivity contribution in [2.75, 3.05) is 0 Å². The molecule has 0 fully saturated rings. The fourth-order valence-electron chi connectivity index (χ4n) is 7.27. The van der Waals surface area contributed by atoms with E-state index in [2.05, 4.69) is 89.5 Å². The summed E-state index contributed by atoms with van der Waals surface area (Å²) in [7, 11) is 0. The molecule has 5 nitrogen and oxygen atoms in total. The van der Waals surface area contributed by atoms with Gasteiger partial charge in [0.25, 0.3) is 0 Å². The Labute approximate surface area is 296 Å². The highest BCUT2D eigenvalue weighted by Gasteiger charge is 2.20. The first-order valence-electron chi connectivity index (χ1n) is 16.8. The number of aromatic nitrogens is 1. The zero-order chi connectivity index (χ0) is 33.9. The van der Waals surface area contributed by atoms with E-state index in [0.29, 0.717) is 5.84 Å². The molecular formula is C45H28N4OS. The molecule has 0 saturated heterocycles. The molecule has 51 heavy (non-hydrogen) atoms. The van der Waals surface area contributed by atoms with Crippen molar-refractivity contribution in [2.45, 2.75) is 0 Å². The van der Waals surface area contributed by atoms with E-state index in [1.807, 2.05) is 79.0 Å². The van der Waals surface area contributed by atoms with Crippen molar-refractivity contribution in [1.82, 2.24) is 4.57 Å². The van der Waals surface area contributed by atoms with Crippen LogP contribution in [0.5, 0.6) is 0 Å². The quantitative estimate of drug-likeness (QED) is 0.147. The summed E-state index contributed by atoms with van der Waals surface area (Å²) < 4.78 is 11.1. The molecule has 0 aliphatic rings. The summed E-state index contributed by atoms with van der Waals surface area (Å²) in [5.74, 6) is 0.644. The van der Waals surface area contributed by atoms with Gasteiger partial charge in [0.1, 0.15) is 11.2 Å². The summed E-state index contributed by atoms with van der Waals surface area (Å²) in [5.41, 5.74) is 7.61. The lowest BCUT2D eigenvalue weighted by atomic mass is 10.1. The monoisotopic (exact) mass is 672 g/mol. The number of hydrogen-bond acceptors (Lipinski definition) is 3. The van der Waals surface area contributed by atoms with Crippen molar-refractivity contribution in [3.8, 4) is 5.69 Å². The summed E-state index contributed by atoms with van der Waals surface area (Å²) in [6.07, 6.45) is 1.92. The maximum Gasteiger partial charge on any atom is 0.161 e. The second-order valence-corrected chi connectivity index (χ2v) is 13.6. The van der Waals surface area contributed by atoms with E-state index < -0.39 is 0 Å². The normalized spacial score (nSPS) is 12.4. The highest BCUT2D eigenvalue weighted by Crippen LogP contribution is 2.43. The van der Waals surface area contributed by atoms with E-state index in [4.69, 9.17) is 19.8 Å². The molecule has 0 aliphatic carbocycles. The smallest absolute Gasteiger partial charge is 0.161 e. The Balaban J connectivity index is 1.23. The minimum atomic E-state index is 0.163. The van der Waals surface area contributed by atoms with Crippen molar-refractivity contribution in [1.29, 1.82) is 5.41 Å². The van der Waals surface area contributed by atoms with Crippen molar-refractivity contribution >= 4 is 93.1 Å². The molecule has 3 aromatic heterocycles. The van der Waals surface area contributed by atoms with E-state index in [1.54, 1.807) is 11.3 Å². The number of furan rings is 1. The summed E-state index contributed by atoms with van der Waals surface area (Å²) in [5, 5.41) is 15.8. The van der Waals surface area contributed by atoms with Gasteiger partial charge in [-0.05, 0) is 42.5 Å². The van der Waals surface area contributed by atoms with E-state index in [0.717, 1.165) is 60.0 Å². The van der Waals surface area contributed by atoms with Gasteiger partial charge in [0, 0.05) is 70.3 Å². The Morgan fingerprint density at radius 3 is 2.10 bits per heavy atom. The first-order chi connectivity index (χ1) is 25.2. The molecule has 7 aromatic carbocycles. The van der Waals surface area contributed by atoms with Gasteiger partial charge in [-0.1, -0.05) is 115 Å². The van der Waals surface area contributed by atoms with E-state index in [9.17, 15) is 0 Å². The summed E-state index contributed by atoms with van der Waals surface area (Å²) in [4.78, 5) is 9.78. The highest BCUT2D eigenvalue weighted by molar-refractivity contribution is 7.26. The van der Waals surface area contributed by atoms with E-state index >= 15 is 0 Å². The van der Waals surface area contributed by atoms with Gasteiger partial charge < -0.3 is 8.98 Å². The van der Waals surface area contributed by atoms with Crippen LogP contribution >= 0.6 is 11.3 Å². The fraction of sp³-hybridized carbons (Fsp3) is 0. The molecule has 240 valence electrons. The maximum absolute atomic E-state index is 8.81. The number of nitrogens with zero attached hydrogens (tertiary/aromatic N) is 3. The lowest BCUT2D eigenvalue weighted by Crippen LogP contribution is -2.04. The lowest BCUT2D eigenvalue weighted by molar-refractivity contribution is 0.669. The molecule has 3 heterocycles. The molecule has 10 rings (SSSR count). The number of fused-ring (bicyclic) bond motifs is 10. The van der Waals surface area contributed by atoms with Crippen molar-refractivity contribution in [2.24, 2.45) is 9.98 Å². The van der Waals surface area contributed by atoms with Gasteiger partial charge in [-0.3, -0.25) is 5.41 Å². The summed E-state index contributed by atoms with van der Waals surface area (Å²) in [6.45, 7) is 0. The molecule has 6 heteroatoms. The molecule has 0 aliphatic heterocycles. The summed E-state index contributed by atoms with van der Waals surface area (Å²) in [6, 6.07) is 53.8. The average Bonchev–Trinajstić information content (AvgIpc) is 3.86. The van der Waals surface area contributed by atoms with Crippen LogP contribution in [0.2, 0.25) is 0 Å². The number of benzene rings is 7. The van der Waals surface area contributed by atoms with Crippen LogP contribution in [0.1, 0.15) is 16.7 Å². The van der Waals surface area contributed by atoms with Crippen LogP contribution < -0.4 is 0 Å². The maximum atomic E-state index is 8.81. The first-order valence-corrected chi connectivity index (χ1v) is 17.6. The third-order valence-corrected chi connectivity index (χ3v) is 10.8. The van der Waals surface area contributed by atoms with Gasteiger partial charge in [-0.25, -0.2) is 9.98 Å². The number of para-hydroxylation sites is 2. The molecule has 1 N–H and O–H groups in total. The number of nitrogens with one attached hydrogen (secondary N) is 1. The lowest BCUT2D eigenvalue weighted by Gasteiger charge is -2.11. The molecule has 0 unspecified atom stereocenters. The van der Waals surface area contributed by atoms with Gasteiger partial charge in [0.15, 0.2) is 11.7 Å². The number of amidine groups is 2. The second kappa shape index (κ2) is 11.8. The SMILES string of the molecule is N=C(/N=C(\N=C\c1cc(-n2c3ccccc3c3c4c(ccc32)oc2ccccc24)cc2c1sc1ccccc12)c1ccccc1)c1ccccc1. The molecule has 0 saturated carbocycles. The molecule has 0 amide bonds. The van der Waals surface area contributed by atoms with Crippen LogP contribution in [0.4, 0.5) is 0 Å². The number of hydrogen-bond donors (Lipinski definition) is 1. The largest absolute Gasteiger partial charge is 0.456 e. The molecule has 0 atom stereocenters. The van der Waals surface area contributed by atoms with Gasteiger partial charge in [0.2, 0.25) is 0 Å². The van der Waals surface area contributed by atoms with Gasteiger partial charge in [0.05, 0.1) is 11.0 Å². The Kier molecular flexibility index (Phi) is 6.76. The Morgan fingerprint density at radius 1 is 0.588 bits per heavy atom. The third-order valence-electron chi connectivity index (χ3n) is 9.55. The topological polar surface area (TPSA) is 66.6 Å². The first kappa shape index (κ1) is 29.3. The van der Waals surface area contributed by atoms with Crippen LogP contribution in [0.15, 0.2) is 172 Å². The van der Waals surface area contributed by atoms with E-state index in [-0.39, 0.29) is 5.84 Å². The zero-order valence-electron chi connectivity index (χ0n) is 27.2.